The Morgan fingerprint density at radius 3 is 2.19 bits per heavy atom. The number of nitrogens with zero attached hydrogens (tertiary/aromatic N) is 3. The summed E-state index contributed by atoms with van der Waals surface area (Å²) in [6, 6.07) is 18.6. The predicted molar refractivity (Wildman–Crippen MR) is 170 cm³/mol. The quantitative estimate of drug-likeness (QED) is 0.290. The summed E-state index contributed by atoms with van der Waals surface area (Å²) in [4.78, 5) is 29.4. The standard InChI is InChI=1S/C31H38Cl2N4O4S/c1-21(2)34-31(39)29(17-24-10-8-7-9-11-24)36(19-25-14-15-26(32)18-27(25)33)30(38)20-37(42(40,41)35(5)6)28-16-22(3)12-13-23(28)4/h7-16,18,21,29H,17,19-20H2,1-6H3,(H,34,39)/t29-/m1/s1. The molecule has 0 fully saturated rings. The van der Waals surface area contributed by atoms with Gasteiger partial charge in [-0.2, -0.15) is 12.7 Å². The van der Waals surface area contributed by atoms with Crippen molar-refractivity contribution in [2.24, 2.45) is 0 Å². The normalized spacial score (nSPS) is 12.3. The van der Waals surface area contributed by atoms with E-state index in [-0.39, 0.29) is 24.9 Å². The second kappa shape index (κ2) is 14.4. The number of hydrogen-bond donors (Lipinski definition) is 1. The monoisotopic (exact) mass is 632 g/mol. The minimum atomic E-state index is -4.10. The maximum absolute atomic E-state index is 14.3. The molecule has 1 atom stereocenters. The molecule has 0 bridgehead atoms. The summed E-state index contributed by atoms with van der Waals surface area (Å²) in [6.45, 7) is 6.75. The number of carbonyl (C=O) groups is 2. The highest BCUT2D eigenvalue weighted by atomic mass is 35.5. The lowest BCUT2D eigenvalue weighted by Gasteiger charge is -2.35. The van der Waals surface area contributed by atoms with Gasteiger partial charge < -0.3 is 10.2 Å². The Kier molecular flexibility index (Phi) is 11.4. The summed E-state index contributed by atoms with van der Waals surface area (Å²) in [5.41, 5.74) is 3.31. The molecule has 226 valence electrons. The highest BCUT2D eigenvalue weighted by Crippen LogP contribution is 2.28. The van der Waals surface area contributed by atoms with Crippen LogP contribution in [0.1, 0.15) is 36.1 Å². The van der Waals surface area contributed by atoms with E-state index in [4.69, 9.17) is 23.2 Å². The fraction of sp³-hybridized carbons (Fsp3) is 0.355. The molecule has 0 spiro atoms. The van der Waals surface area contributed by atoms with Crippen LogP contribution >= 0.6 is 23.2 Å². The van der Waals surface area contributed by atoms with Crippen molar-refractivity contribution in [3.63, 3.8) is 0 Å². The average Bonchev–Trinajstić information content (AvgIpc) is 2.91. The predicted octanol–water partition coefficient (Wildman–Crippen LogP) is 5.39. The third kappa shape index (κ3) is 8.47. The molecule has 0 heterocycles. The highest BCUT2D eigenvalue weighted by molar-refractivity contribution is 7.90. The summed E-state index contributed by atoms with van der Waals surface area (Å²) >= 11 is 12.7. The van der Waals surface area contributed by atoms with Gasteiger partial charge in [-0.25, -0.2) is 4.31 Å². The van der Waals surface area contributed by atoms with E-state index in [1.165, 1.54) is 19.0 Å². The van der Waals surface area contributed by atoms with E-state index in [9.17, 15) is 18.0 Å². The lowest BCUT2D eigenvalue weighted by molar-refractivity contribution is -0.140. The average molecular weight is 634 g/mol. The summed E-state index contributed by atoms with van der Waals surface area (Å²) in [6.07, 6.45) is 0.209. The van der Waals surface area contributed by atoms with Crippen LogP contribution in [0.5, 0.6) is 0 Å². The molecule has 8 nitrogen and oxygen atoms in total. The Morgan fingerprint density at radius 1 is 0.929 bits per heavy atom. The van der Waals surface area contributed by atoms with Crippen LogP contribution in [0.3, 0.4) is 0 Å². The molecule has 0 aliphatic heterocycles. The van der Waals surface area contributed by atoms with Gasteiger partial charge in [-0.3, -0.25) is 9.59 Å². The molecule has 0 saturated carbocycles. The summed E-state index contributed by atoms with van der Waals surface area (Å²) in [5.74, 6) is -0.923. The molecule has 0 radical (unpaired) electrons. The Morgan fingerprint density at radius 2 is 1.60 bits per heavy atom. The van der Waals surface area contributed by atoms with Gasteiger partial charge in [-0.15, -0.1) is 0 Å². The van der Waals surface area contributed by atoms with E-state index < -0.39 is 28.7 Å². The van der Waals surface area contributed by atoms with Crippen molar-refractivity contribution in [3.8, 4) is 0 Å². The fourth-order valence-electron chi connectivity index (χ4n) is 4.46. The minimum Gasteiger partial charge on any atom is -0.352 e. The van der Waals surface area contributed by atoms with Crippen LogP contribution in [0.15, 0.2) is 66.7 Å². The third-order valence-electron chi connectivity index (χ3n) is 6.71. The maximum Gasteiger partial charge on any atom is 0.304 e. The largest absolute Gasteiger partial charge is 0.352 e. The van der Waals surface area contributed by atoms with Gasteiger partial charge in [0.25, 0.3) is 0 Å². The Balaban J connectivity index is 2.16. The van der Waals surface area contributed by atoms with E-state index in [0.29, 0.717) is 26.9 Å². The molecule has 3 rings (SSSR count). The molecule has 3 aromatic rings. The number of halogens is 2. The lowest BCUT2D eigenvalue weighted by atomic mass is 10.0. The van der Waals surface area contributed by atoms with Gasteiger partial charge in [-0.1, -0.05) is 71.7 Å². The Bertz CT molecular complexity index is 1510. The minimum absolute atomic E-state index is 0.0412. The first-order valence-electron chi connectivity index (χ1n) is 13.6. The van der Waals surface area contributed by atoms with E-state index >= 15 is 0 Å². The highest BCUT2D eigenvalue weighted by Gasteiger charge is 2.35. The second-order valence-electron chi connectivity index (χ2n) is 10.7. The van der Waals surface area contributed by atoms with Crippen molar-refractivity contribution in [1.82, 2.24) is 14.5 Å². The molecule has 0 aliphatic rings. The number of carbonyl (C=O) groups excluding carboxylic acids is 2. The molecule has 2 amide bonds. The van der Waals surface area contributed by atoms with Crippen LogP contribution < -0.4 is 9.62 Å². The molecule has 0 aromatic heterocycles. The molecule has 1 N–H and O–H groups in total. The van der Waals surface area contributed by atoms with Gasteiger partial charge in [0.05, 0.1) is 5.69 Å². The van der Waals surface area contributed by atoms with Crippen molar-refractivity contribution in [3.05, 3.63) is 99.0 Å². The molecule has 42 heavy (non-hydrogen) atoms. The zero-order valence-corrected chi connectivity index (χ0v) is 27.1. The summed E-state index contributed by atoms with van der Waals surface area (Å²) in [7, 11) is -1.27. The lowest BCUT2D eigenvalue weighted by Crippen LogP contribution is -2.55. The van der Waals surface area contributed by atoms with Gasteiger partial charge in [0, 0.05) is 43.1 Å². The van der Waals surface area contributed by atoms with Gasteiger partial charge in [0.15, 0.2) is 0 Å². The van der Waals surface area contributed by atoms with Crippen molar-refractivity contribution >= 4 is 50.9 Å². The summed E-state index contributed by atoms with van der Waals surface area (Å²) < 4.78 is 29.4. The van der Waals surface area contributed by atoms with Crippen molar-refractivity contribution in [2.75, 3.05) is 24.9 Å². The number of hydrogen-bond acceptors (Lipinski definition) is 4. The molecule has 3 aromatic carbocycles. The zero-order chi connectivity index (χ0) is 31.2. The van der Waals surface area contributed by atoms with E-state index in [1.54, 1.807) is 31.2 Å². The SMILES string of the molecule is Cc1ccc(C)c(N(CC(=O)N(Cc2ccc(Cl)cc2Cl)[C@H](Cc2ccccc2)C(=O)NC(C)C)S(=O)(=O)N(C)C)c1. The van der Waals surface area contributed by atoms with E-state index in [1.807, 2.05) is 63.2 Å². The van der Waals surface area contributed by atoms with Crippen LogP contribution in [0.2, 0.25) is 10.0 Å². The fourth-order valence-corrected chi connectivity index (χ4v) is 6.04. The first-order chi connectivity index (χ1) is 19.7. The number of anilines is 1. The number of benzene rings is 3. The van der Waals surface area contributed by atoms with Crippen molar-refractivity contribution in [2.45, 2.75) is 52.7 Å². The molecule has 0 saturated heterocycles. The van der Waals surface area contributed by atoms with Crippen LogP contribution in [-0.2, 0) is 32.8 Å². The molecular weight excluding hydrogens is 595 g/mol. The van der Waals surface area contributed by atoms with Crippen LogP contribution in [0, 0.1) is 13.8 Å². The number of aryl methyl sites for hydroxylation is 2. The molecule has 0 unspecified atom stereocenters. The molecule has 11 heteroatoms. The Hall–Kier alpha value is -3.11. The van der Waals surface area contributed by atoms with Crippen LogP contribution in [0.4, 0.5) is 5.69 Å². The number of rotatable bonds is 12. The topological polar surface area (TPSA) is 90.0 Å². The van der Waals surface area contributed by atoms with Gasteiger partial charge in [0.1, 0.15) is 12.6 Å². The number of nitrogens with one attached hydrogen (secondary N) is 1. The number of amides is 2. The van der Waals surface area contributed by atoms with Crippen LogP contribution in [0.25, 0.3) is 0 Å². The first kappa shape index (κ1) is 33.4. The van der Waals surface area contributed by atoms with Crippen LogP contribution in [-0.4, -0.2) is 62.2 Å². The first-order valence-corrected chi connectivity index (χ1v) is 15.7. The zero-order valence-electron chi connectivity index (χ0n) is 24.8. The van der Waals surface area contributed by atoms with Crippen molar-refractivity contribution in [1.29, 1.82) is 0 Å². The smallest absolute Gasteiger partial charge is 0.304 e. The maximum atomic E-state index is 14.3. The van der Waals surface area contributed by atoms with Crippen molar-refractivity contribution < 1.29 is 18.0 Å². The molecular formula is C31H38Cl2N4O4S. The molecule has 0 aliphatic carbocycles. The Labute approximate surface area is 259 Å². The van der Waals surface area contributed by atoms with Gasteiger partial charge in [0.2, 0.25) is 11.8 Å². The second-order valence-corrected chi connectivity index (χ2v) is 13.6. The summed E-state index contributed by atoms with van der Waals surface area (Å²) in [5, 5.41) is 3.69. The van der Waals surface area contributed by atoms with E-state index in [0.717, 1.165) is 19.7 Å². The van der Waals surface area contributed by atoms with Gasteiger partial charge >= 0.3 is 10.2 Å². The van der Waals surface area contributed by atoms with E-state index in [2.05, 4.69) is 5.32 Å². The third-order valence-corrected chi connectivity index (χ3v) is 9.10. The van der Waals surface area contributed by atoms with Gasteiger partial charge in [-0.05, 0) is 68.1 Å².